The molecule has 0 atom stereocenters. The quantitative estimate of drug-likeness (QED) is 0.121. The third-order valence-corrected chi connectivity index (χ3v) is 5.50. The molecule has 0 aliphatic carbocycles. The van der Waals surface area contributed by atoms with Crippen LogP contribution in [0.4, 0.5) is 22.7 Å². The van der Waals surface area contributed by atoms with E-state index in [0.29, 0.717) is 33.8 Å². The highest BCUT2D eigenvalue weighted by Gasteiger charge is 2.07. The number of fused-ring (bicyclic) bond motifs is 3. The van der Waals surface area contributed by atoms with Gasteiger partial charge in [0.25, 0.3) is 11.4 Å². The number of hydrazone groups is 2. The molecule has 0 radical (unpaired) electrons. The van der Waals surface area contributed by atoms with Crippen LogP contribution in [0.1, 0.15) is 11.4 Å². The number of benzene rings is 3. The Morgan fingerprint density at radius 3 is 1.32 bits per heavy atom. The summed E-state index contributed by atoms with van der Waals surface area (Å²) < 4.78 is 0. The van der Waals surface area contributed by atoms with Gasteiger partial charge in [0.15, 0.2) is 0 Å². The lowest BCUT2D eigenvalue weighted by molar-refractivity contribution is -0.385. The van der Waals surface area contributed by atoms with Crippen molar-refractivity contribution in [2.45, 2.75) is 0 Å². The predicted octanol–water partition coefficient (Wildman–Crippen LogP) is 5.49. The summed E-state index contributed by atoms with van der Waals surface area (Å²) in [4.78, 5) is 30.1. The largest absolute Gasteiger partial charge is 0.278 e. The van der Waals surface area contributed by atoms with E-state index in [4.69, 9.17) is 9.97 Å². The van der Waals surface area contributed by atoms with Crippen molar-refractivity contribution in [2.24, 2.45) is 10.2 Å². The minimum atomic E-state index is -0.461. The van der Waals surface area contributed by atoms with Crippen LogP contribution in [0.5, 0.6) is 0 Å². The van der Waals surface area contributed by atoms with E-state index in [-0.39, 0.29) is 11.4 Å². The van der Waals surface area contributed by atoms with E-state index < -0.39 is 9.85 Å². The van der Waals surface area contributed by atoms with Crippen molar-refractivity contribution in [1.29, 1.82) is 0 Å². The first-order valence-electron chi connectivity index (χ1n) is 11.2. The Labute approximate surface area is 214 Å². The minimum absolute atomic E-state index is 0.00152. The van der Waals surface area contributed by atoms with Crippen molar-refractivity contribution in [3.05, 3.63) is 117 Å². The van der Waals surface area contributed by atoms with E-state index in [1.54, 1.807) is 36.7 Å². The molecule has 0 fully saturated rings. The maximum Gasteiger partial charge on any atom is 0.269 e. The molecule has 5 rings (SSSR count). The van der Waals surface area contributed by atoms with Gasteiger partial charge in [-0.05, 0) is 36.4 Å². The van der Waals surface area contributed by atoms with Crippen LogP contribution in [0.2, 0.25) is 0 Å². The van der Waals surface area contributed by atoms with E-state index >= 15 is 0 Å². The minimum Gasteiger partial charge on any atom is -0.278 e. The third kappa shape index (κ3) is 5.39. The molecule has 0 aliphatic rings. The summed E-state index contributed by atoms with van der Waals surface area (Å²) in [5.41, 5.74) is 9.46. The predicted molar refractivity (Wildman–Crippen MR) is 146 cm³/mol. The van der Waals surface area contributed by atoms with Crippen molar-refractivity contribution in [3.63, 3.8) is 0 Å². The number of nitro benzene ring substituents is 2. The van der Waals surface area contributed by atoms with Crippen LogP contribution >= 0.6 is 0 Å². The van der Waals surface area contributed by atoms with Crippen molar-refractivity contribution < 1.29 is 9.85 Å². The summed E-state index contributed by atoms with van der Waals surface area (Å²) in [6.45, 7) is 0. The van der Waals surface area contributed by atoms with E-state index in [0.717, 1.165) is 10.8 Å². The molecule has 12 nitrogen and oxygen atoms in total. The molecule has 0 saturated carbocycles. The van der Waals surface area contributed by atoms with Crippen LogP contribution in [0.25, 0.3) is 21.8 Å². The summed E-state index contributed by atoms with van der Waals surface area (Å²) in [5, 5.41) is 31.7. The molecule has 3 aromatic carbocycles. The van der Waals surface area contributed by atoms with Gasteiger partial charge in [0.2, 0.25) is 0 Å². The molecule has 12 heteroatoms. The number of anilines is 2. The molecule has 5 aromatic rings. The van der Waals surface area contributed by atoms with Crippen molar-refractivity contribution in [3.8, 4) is 0 Å². The van der Waals surface area contributed by atoms with Gasteiger partial charge in [-0.25, -0.2) is 9.97 Å². The van der Waals surface area contributed by atoms with Gasteiger partial charge in [-0.15, -0.1) is 0 Å². The first kappa shape index (κ1) is 23.9. The molecule has 0 amide bonds. The number of pyridine rings is 2. The highest BCUT2D eigenvalue weighted by Crippen LogP contribution is 2.23. The maximum absolute atomic E-state index is 10.8. The van der Waals surface area contributed by atoms with Crippen molar-refractivity contribution in [2.75, 3.05) is 10.9 Å². The summed E-state index contributed by atoms with van der Waals surface area (Å²) in [6, 6.07) is 23.3. The zero-order chi connectivity index (χ0) is 26.5. The van der Waals surface area contributed by atoms with E-state index in [9.17, 15) is 20.2 Å². The topological polar surface area (TPSA) is 161 Å². The molecule has 0 spiro atoms. The molecule has 0 unspecified atom stereocenters. The Morgan fingerprint density at radius 2 is 0.947 bits per heavy atom. The molecule has 0 bridgehead atoms. The average Bonchev–Trinajstić information content (AvgIpc) is 2.93. The number of hydrogen-bond acceptors (Lipinski definition) is 10. The molecule has 186 valence electrons. The van der Waals surface area contributed by atoms with Gasteiger partial charge in [-0.1, -0.05) is 24.3 Å². The van der Waals surface area contributed by atoms with Crippen LogP contribution in [0.15, 0.2) is 95.1 Å². The molecule has 2 heterocycles. The number of nitrogens with zero attached hydrogens (tertiary/aromatic N) is 6. The van der Waals surface area contributed by atoms with E-state index in [1.807, 2.05) is 36.4 Å². The normalized spacial score (nSPS) is 11.4. The van der Waals surface area contributed by atoms with Crippen LogP contribution in [0.3, 0.4) is 0 Å². The maximum atomic E-state index is 10.8. The molecule has 2 aromatic heterocycles. The standard InChI is InChI=1S/C26H18N8O4/c35-33(36)23-11-7-19(8-12-23)31-27-15-21-5-3-17-1-2-18-4-6-22(30-26(18)25(17)29-21)16-28-32-20-9-13-24(14-10-20)34(37)38/h1-16,31-32H/b27-15+,28-16+. The smallest absolute Gasteiger partial charge is 0.269 e. The van der Waals surface area contributed by atoms with Crippen LogP contribution < -0.4 is 10.9 Å². The molecule has 0 saturated heterocycles. The van der Waals surface area contributed by atoms with Gasteiger partial charge in [0.1, 0.15) is 0 Å². The molecular formula is C26H18N8O4. The molecule has 0 aliphatic heterocycles. The fourth-order valence-corrected chi connectivity index (χ4v) is 3.60. The van der Waals surface area contributed by atoms with Gasteiger partial charge in [0, 0.05) is 35.0 Å². The monoisotopic (exact) mass is 506 g/mol. The lowest BCUT2D eigenvalue weighted by Crippen LogP contribution is -1.96. The number of nitro groups is 2. The molecular weight excluding hydrogens is 488 g/mol. The first-order chi connectivity index (χ1) is 18.5. The lowest BCUT2D eigenvalue weighted by Gasteiger charge is -2.05. The fourth-order valence-electron chi connectivity index (χ4n) is 3.60. The lowest BCUT2D eigenvalue weighted by atomic mass is 10.1. The Balaban J connectivity index is 1.35. The second-order valence-electron chi connectivity index (χ2n) is 8.03. The highest BCUT2D eigenvalue weighted by atomic mass is 16.6. The first-order valence-corrected chi connectivity index (χ1v) is 11.2. The van der Waals surface area contributed by atoms with Gasteiger partial charge >= 0.3 is 0 Å². The van der Waals surface area contributed by atoms with Crippen LogP contribution in [-0.2, 0) is 0 Å². The van der Waals surface area contributed by atoms with E-state index in [1.165, 1.54) is 24.3 Å². The van der Waals surface area contributed by atoms with Gasteiger partial charge in [-0.2, -0.15) is 10.2 Å². The van der Waals surface area contributed by atoms with Crippen LogP contribution in [0, 0.1) is 20.2 Å². The third-order valence-electron chi connectivity index (χ3n) is 5.50. The Kier molecular flexibility index (Phi) is 6.59. The summed E-state index contributed by atoms with van der Waals surface area (Å²) in [7, 11) is 0. The average molecular weight is 506 g/mol. The zero-order valence-corrected chi connectivity index (χ0v) is 19.6. The summed E-state index contributed by atoms with van der Waals surface area (Å²) >= 11 is 0. The second-order valence-corrected chi connectivity index (χ2v) is 8.03. The number of nitrogens with one attached hydrogen (secondary N) is 2. The van der Waals surface area contributed by atoms with Gasteiger partial charge in [0.05, 0.1) is 56.1 Å². The second kappa shape index (κ2) is 10.5. The SMILES string of the molecule is O=[N+]([O-])c1ccc(N/N=C/c2ccc3ccc4ccc(/C=N/Nc5ccc([N+](=O)[O-])cc5)nc4c3n2)cc1. The Hall–Kier alpha value is -5.78. The number of non-ortho nitro benzene ring substituents is 2. The Bertz CT molecular complexity index is 1590. The van der Waals surface area contributed by atoms with Gasteiger partial charge in [-0.3, -0.25) is 31.1 Å². The fraction of sp³-hybridized carbons (Fsp3) is 0. The van der Waals surface area contributed by atoms with Gasteiger partial charge < -0.3 is 0 Å². The number of rotatable bonds is 8. The summed E-state index contributed by atoms with van der Waals surface area (Å²) in [6.07, 6.45) is 3.11. The molecule has 38 heavy (non-hydrogen) atoms. The van der Waals surface area contributed by atoms with Crippen molar-refractivity contribution >= 4 is 57.0 Å². The van der Waals surface area contributed by atoms with E-state index in [2.05, 4.69) is 21.1 Å². The number of hydrogen-bond donors (Lipinski definition) is 2. The Morgan fingerprint density at radius 1 is 0.579 bits per heavy atom. The molecule has 2 N–H and O–H groups in total. The summed E-state index contributed by atoms with van der Waals surface area (Å²) in [5.74, 6) is 0. The van der Waals surface area contributed by atoms with Crippen molar-refractivity contribution in [1.82, 2.24) is 9.97 Å². The number of aromatic nitrogens is 2. The highest BCUT2D eigenvalue weighted by molar-refractivity contribution is 6.04. The van der Waals surface area contributed by atoms with Crippen LogP contribution in [-0.4, -0.2) is 32.2 Å². The zero-order valence-electron chi connectivity index (χ0n) is 19.6.